The SMILES string of the molecule is COCCn1c(SCC(=O)N2CCC[C@@H](C)C2)nnc1-c1cc2ccccc2cc1O. The molecule has 4 rings (SSSR count). The molecule has 1 amide bonds. The predicted molar refractivity (Wildman–Crippen MR) is 122 cm³/mol. The van der Waals surface area contributed by atoms with E-state index in [2.05, 4.69) is 17.1 Å². The van der Waals surface area contributed by atoms with Crippen LogP contribution in [-0.4, -0.2) is 63.2 Å². The number of ether oxygens (including phenoxy) is 1. The number of aromatic nitrogens is 3. The molecule has 164 valence electrons. The van der Waals surface area contributed by atoms with Crippen LogP contribution in [0, 0.1) is 5.92 Å². The molecule has 1 aliphatic rings. The van der Waals surface area contributed by atoms with Crippen LogP contribution >= 0.6 is 11.8 Å². The number of likely N-dealkylation sites (tertiary alicyclic amines) is 1. The number of fused-ring (bicyclic) bond motifs is 1. The Morgan fingerprint density at radius 3 is 2.77 bits per heavy atom. The van der Waals surface area contributed by atoms with Gasteiger partial charge in [-0.3, -0.25) is 9.36 Å². The van der Waals surface area contributed by atoms with Gasteiger partial charge in [-0.2, -0.15) is 0 Å². The van der Waals surface area contributed by atoms with Gasteiger partial charge in [0, 0.05) is 20.2 Å². The normalized spacial score (nSPS) is 16.7. The molecule has 8 heteroatoms. The highest BCUT2D eigenvalue weighted by Gasteiger charge is 2.23. The van der Waals surface area contributed by atoms with E-state index in [1.807, 2.05) is 39.8 Å². The number of phenols is 1. The highest BCUT2D eigenvalue weighted by atomic mass is 32.2. The van der Waals surface area contributed by atoms with Gasteiger partial charge in [-0.25, -0.2) is 0 Å². The summed E-state index contributed by atoms with van der Waals surface area (Å²) in [5.74, 6) is 1.73. The standard InChI is InChI=1S/C23H28N4O3S/c1-16-6-5-9-26(14-16)21(29)15-31-23-25-24-22(27(23)10-11-30-2)19-12-17-7-3-4-8-18(17)13-20(19)28/h3-4,7-8,12-13,16,28H,5-6,9-11,14-15H2,1-2H3/t16-/m1/s1. The Morgan fingerprint density at radius 2 is 2.03 bits per heavy atom. The average Bonchev–Trinajstić information content (AvgIpc) is 3.17. The van der Waals surface area contributed by atoms with Crippen LogP contribution in [0.3, 0.4) is 0 Å². The van der Waals surface area contributed by atoms with Crippen molar-refractivity contribution in [2.45, 2.75) is 31.5 Å². The summed E-state index contributed by atoms with van der Waals surface area (Å²) in [4.78, 5) is 14.7. The molecule has 1 aromatic heterocycles. The van der Waals surface area contributed by atoms with Crippen molar-refractivity contribution in [3.05, 3.63) is 36.4 Å². The van der Waals surface area contributed by atoms with E-state index in [9.17, 15) is 9.90 Å². The molecule has 2 heterocycles. The van der Waals surface area contributed by atoms with E-state index in [4.69, 9.17) is 4.74 Å². The summed E-state index contributed by atoms with van der Waals surface area (Å²) in [6.45, 7) is 4.85. The first-order chi connectivity index (χ1) is 15.1. The quantitative estimate of drug-likeness (QED) is 0.563. The van der Waals surface area contributed by atoms with E-state index in [1.54, 1.807) is 13.2 Å². The van der Waals surface area contributed by atoms with Crippen molar-refractivity contribution >= 4 is 28.4 Å². The molecule has 7 nitrogen and oxygen atoms in total. The Kier molecular flexibility index (Phi) is 6.77. The number of rotatable bonds is 7. The second kappa shape index (κ2) is 9.70. The molecule has 0 bridgehead atoms. The molecule has 2 aromatic carbocycles. The van der Waals surface area contributed by atoms with Gasteiger partial charge in [0.25, 0.3) is 0 Å². The number of benzene rings is 2. The molecule has 1 atom stereocenters. The number of nitrogens with zero attached hydrogens (tertiary/aromatic N) is 4. The zero-order chi connectivity index (χ0) is 21.8. The van der Waals surface area contributed by atoms with E-state index in [1.165, 1.54) is 18.2 Å². The number of carbonyl (C=O) groups excluding carboxylic acids is 1. The maximum atomic E-state index is 12.7. The number of hydrogen-bond donors (Lipinski definition) is 1. The van der Waals surface area contributed by atoms with E-state index in [-0.39, 0.29) is 11.7 Å². The van der Waals surface area contributed by atoms with Gasteiger partial charge in [0.1, 0.15) is 5.75 Å². The zero-order valence-corrected chi connectivity index (χ0v) is 18.8. The smallest absolute Gasteiger partial charge is 0.233 e. The van der Waals surface area contributed by atoms with Gasteiger partial charge in [0.15, 0.2) is 11.0 Å². The van der Waals surface area contributed by atoms with Crippen molar-refractivity contribution in [3.8, 4) is 17.1 Å². The summed E-state index contributed by atoms with van der Waals surface area (Å²) >= 11 is 1.39. The van der Waals surface area contributed by atoms with Crippen molar-refractivity contribution in [1.82, 2.24) is 19.7 Å². The second-order valence-corrected chi connectivity index (χ2v) is 8.99. The van der Waals surface area contributed by atoms with Gasteiger partial charge >= 0.3 is 0 Å². The monoisotopic (exact) mass is 440 g/mol. The van der Waals surface area contributed by atoms with E-state index < -0.39 is 0 Å². The van der Waals surface area contributed by atoms with Crippen LogP contribution in [0.1, 0.15) is 19.8 Å². The number of aromatic hydroxyl groups is 1. The summed E-state index contributed by atoms with van der Waals surface area (Å²) in [5.41, 5.74) is 0.616. The summed E-state index contributed by atoms with van der Waals surface area (Å²) in [6.07, 6.45) is 2.24. The molecule has 31 heavy (non-hydrogen) atoms. The van der Waals surface area contributed by atoms with Crippen LogP contribution in [0.4, 0.5) is 0 Å². The lowest BCUT2D eigenvalue weighted by molar-refractivity contribution is -0.130. The third-order valence-corrected chi connectivity index (χ3v) is 6.63. The molecule has 0 radical (unpaired) electrons. The van der Waals surface area contributed by atoms with Crippen molar-refractivity contribution in [1.29, 1.82) is 0 Å². The van der Waals surface area contributed by atoms with Gasteiger partial charge < -0.3 is 14.7 Å². The maximum absolute atomic E-state index is 12.7. The highest BCUT2D eigenvalue weighted by Crippen LogP contribution is 2.34. The van der Waals surface area contributed by atoms with Crippen LogP contribution in [0.15, 0.2) is 41.6 Å². The van der Waals surface area contributed by atoms with Gasteiger partial charge in [-0.05, 0) is 41.7 Å². The molecule has 3 aromatic rings. The number of amides is 1. The van der Waals surface area contributed by atoms with E-state index >= 15 is 0 Å². The first-order valence-electron chi connectivity index (χ1n) is 10.6. The van der Waals surface area contributed by atoms with Crippen LogP contribution in [0.2, 0.25) is 0 Å². The molecule has 1 N–H and O–H groups in total. The highest BCUT2D eigenvalue weighted by molar-refractivity contribution is 7.99. The fourth-order valence-corrected chi connectivity index (χ4v) is 4.89. The largest absolute Gasteiger partial charge is 0.507 e. The first-order valence-corrected chi connectivity index (χ1v) is 11.6. The molecule has 0 saturated carbocycles. The number of carbonyl (C=O) groups is 1. The molecule has 0 unspecified atom stereocenters. The fraction of sp³-hybridized carbons (Fsp3) is 0.435. The number of methoxy groups -OCH3 is 1. The molecule has 1 fully saturated rings. The predicted octanol–water partition coefficient (Wildman–Crippen LogP) is 3.80. The Morgan fingerprint density at radius 1 is 1.26 bits per heavy atom. The van der Waals surface area contributed by atoms with Crippen LogP contribution in [-0.2, 0) is 16.1 Å². The average molecular weight is 441 g/mol. The number of hydrogen-bond acceptors (Lipinski definition) is 6. The summed E-state index contributed by atoms with van der Waals surface area (Å²) < 4.78 is 7.19. The minimum absolute atomic E-state index is 0.132. The molecule has 1 aliphatic heterocycles. The number of thioether (sulfide) groups is 1. The Balaban J connectivity index is 1.59. The van der Waals surface area contributed by atoms with Crippen molar-refractivity contribution in [3.63, 3.8) is 0 Å². The second-order valence-electron chi connectivity index (χ2n) is 8.04. The van der Waals surface area contributed by atoms with Crippen LogP contribution in [0.5, 0.6) is 5.75 Å². The lowest BCUT2D eigenvalue weighted by Gasteiger charge is -2.30. The Hall–Kier alpha value is -2.58. The summed E-state index contributed by atoms with van der Waals surface area (Å²) in [5, 5.41) is 22.0. The van der Waals surface area contributed by atoms with Crippen molar-refractivity contribution in [2.24, 2.45) is 5.92 Å². The number of piperidine rings is 1. The van der Waals surface area contributed by atoms with Crippen LogP contribution < -0.4 is 0 Å². The summed E-state index contributed by atoms with van der Waals surface area (Å²) in [7, 11) is 1.64. The molecule has 0 aliphatic carbocycles. The summed E-state index contributed by atoms with van der Waals surface area (Å²) in [6, 6.07) is 11.5. The molecular formula is C23H28N4O3S. The maximum Gasteiger partial charge on any atom is 0.233 e. The van der Waals surface area contributed by atoms with Crippen molar-refractivity contribution in [2.75, 3.05) is 32.6 Å². The minimum atomic E-state index is 0.132. The van der Waals surface area contributed by atoms with Gasteiger partial charge in [-0.15, -0.1) is 10.2 Å². The Bertz CT molecular complexity index is 1070. The number of phenolic OH excluding ortho intramolecular Hbond substituents is 1. The minimum Gasteiger partial charge on any atom is -0.507 e. The lowest BCUT2D eigenvalue weighted by atomic mass is 10.0. The van der Waals surface area contributed by atoms with Crippen molar-refractivity contribution < 1.29 is 14.6 Å². The third-order valence-electron chi connectivity index (χ3n) is 5.68. The first kappa shape index (κ1) is 21.6. The van der Waals surface area contributed by atoms with Gasteiger partial charge in [-0.1, -0.05) is 43.0 Å². The topological polar surface area (TPSA) is 80.5 Å². The van der Waals surface area contributed by atoms with Crippen LogP contribution in [0.25, 0.3) is 22.2 Å². The zero-order valence-electron chi connectivity index (χ0n) is 18.0. The molecule has 1 saturated heterocycles. The van der Waals surface area contributed by atoms with Gasteiger partial charge in [0.2, 0.25) is 5.91 Å². The molecular weight excluding hydrogens is 412 g/mol. The van der Waals surface area contributed by atoms with E-state index in [0.717, 1.165) is 30.3 Å². The third kappa shape index (κ3) is 4.85. The fourth-order valence-electron chi connectivity index (χ4n) is 4.02. The van der Waals surface area contributed by atoms with E-state index in [0.29, 0.717) is 41.4 Å². The lowest BCUT2D eigenvalue weighted by Crippen LogP contribution is -2.40. The Labute approximate surface area is 186 Å². The molecule has 0 spiro atoms. The van der Waals surface area contributed by atoms with Gasteiger partial charge in [0.05, 0.1) is 24.5 Å².